The first-order chi connectivity index (χ1) is 19.9. The van der Waals surface area contributed by atoms with E-state index in [-0.39, 0.29) is 28.4 Å². The third-order valence-electron chi connectivity index (χ3n) is 7.08. The minimum Gasteiger partial charge on any atom is -0.332 e. The van der Waals surface area contributed by atoms with Crippen LogP contribution in [-0.2, 0) is 21.2 Å². The van der Waals surface area contributed by atoms with Gasteiger partial charge in [0.05, 0.1) is 17.4 Å². The Morgan fingerprint density at radius 1 is 0.732 bits per heavy atom. The first kappa shape index (κ1) is 28.6. The van der Waals surface area contributed by atoms with E-state index in [0.29, 0.717) is 31.9 Å². The highest BCUT2D eigenvalue weighted by molar-refractivity contribution is 7.89. The molecule has 7 nitrogen and oxygen atoms in total. The van der Waals surface area contributed by atoms with Crippen molar-refractivity contribution in [3.8, 4) is 0 Å². The van der Waals surface area contributed by atoms with Crippen molar-refractivity contribution in [2.24, 2.45) is 0 Å². The summed E-state index contributed by atoms with van der Waals surface area (Å²) in [7, 11) is -3.66. The van der Waals surface area contributed by atoms with Crippen LogP contribution < -0.4 is 10.6 Å². The monoisotopic (exact) mass is 584 g/mol. The summed E-state index contributed by atoms with van der Waals surface area (Å²) in [5.74, 6) is -0.228. The van der Waals surface area contributed by atoms with Crippen LogP contribution >= 0.6 is 12.2 Å². The van der Waals surface area contributed by atoms with Gasteiger partial charge in [0.15, 0.2) is 5.11 Å². The summed E-state index contributed by atoms with van der Waals surface area (Å²) < 4.78 is 28.5. The summed E-state index contributed by atoms with van der Waals surface area (Å²) in [6.45, 7) is 2.03. The largest absolute Gasteiger partial charge is 0.332 e. The Morgan fingerprint density at radius 2 is 1.24 bits per heavy atom. The standard InChI is InChI=1S/C32H32N4O3S2/c37-30(24-25-10-4-1-5-11-25)34-32(40)33-28-16-18-29(19-17-28)41(38,39)36-22-20-35(21-23-36)31(26-12-6-2-7-13-26)27-14-8-3-9-15-27/h1-19,31H,20-24H2,(H2,33,34,37,40). The lowest BCUT2D eigenvalue weighted by molar-refractivity contribution is -0.119. The number of amides is 1. The van der Waals surface area contributed by atoms with E-state index in [1.807, 2.05) is 66.7 Å². The Balaban J connectivity index is 1.19. The molecule has 4 aromatic rings. The molecule has 0 saturated carbocycles. The van der Waals surface area contributed by atoms with E-state index in [0.717, 1.165) is 5.56 Å². The van der Waals surface area contributed by atoms with E-state index in [1.54, 1.807) is 28.6 Å². The average Bonchev–Trinajstić information content (AvgIpc) is 2.99. The van der Waals surface area contributed by atoms with E-state index >= 15 is 0 Å². The molecule has 0 spiro atoms. The van der Waals surface area contributed by atoms with Crippen LogP contribution in [0.2, 0.25) is 0 Å². The molecular weight excluding hydrogens is 553 g/mol. The molecule has 5 rings (SSSR count). The molecule has 0 aliphatic carbocycles. The smallest absolute Gasteiger partial charge is 0.243 e. The van der Waals surface area contributed by atoms with Crippen molar-refractivity contribution in [3.05, 3.63) is 132 Å². The van der Waals surface area contributed by atoms with Crippen molar-refractivity contribution >= 4 is 38.9 Å². The number of anilines is 1. The predicted octanol–water partition coefficient (Wildman–Crippen LogP) is 4.84. The van der Waals surface area contributed by atoms with Crippen LogP contribution in [0, 0.1) is 0 Å². The first-order valence-electron chi connectivity index (χ1n) is 13.5. The summed E-state index contributed by atoms with van der Waals surface area (Å²) in [4.78, 5) is 14.8. The molecule has 0 aromatic heterocycles. The topological polar surface area (TPSA) is 81.8 Å². The molecule has 1 aliphatic rings. The van der Waals surface area contributed by atoms with Gasteiger partial charge in [-0.05, 0) is 53.2 Å². The molecule has 1 heterocycles. The zero-order chi connectivity index (χ0) is 28.7. The Hall–Kier alpha value is -3.89. The summed E-state index contributed by atoms with van der Waals surface area (Å²) >= 11 is 5.27. The number of nitrogens with zero attached hydrogens (tertiary/aromatic N) is 2. The lowest BCUT2D eigenvalue weighted by Crippen LogP contribution is -2.49. The van der Waals surface area contributed by atoms with Crippen LogP contribution in [0.1, 0.15) is 22.7 Å². The number of sulfonamides is 1. The number of piperazine rings is 1. The lowest BCUT2D eigenvalue weighted by atomic mass is 9.96. The number of thiocarbonyl (C=S) groups is 1. The lowest BCUT2D eigenvalue weighted by Gasteiger charge is -2.39. The maximum Gasteiger partial charge on any atom is 0.243 e. The van der Waals surface area contributed by atoms with Gasteiger partial charge in [0, 0.05) is 31.9 Å². The second-order valence-electron chi connectivity index (χ2n) is 9.85. The van der Waals surface area contributed by atoms with Gasteiger partial charge in [-0.3, -0.25) is 9.69 Å². The zero-order valence-electron chi connectivity index (χ0n) is 22.5. The number of benzene rings is 4. The Bertz CT molecular complexity index is 1520. The fourth-order valence-corrected chi connectivity index (χ4v) is 6.71. The van der Waals surface area contributed by atoms with Crippen LogP contribution in [-0.4, -0.2) is 54.8 Å². The maximum absolute atomic E-state index is 13.5. The Kier molecular flexibility index (Phi) is 9.21. The van der Waals surface area contributed by atoms with E-state index in [1.165, 1.54) is 11.1 Å². The third kappa shape index (κ3) is 7.25. The van der Waals surface area contributed by atoms with Gasteiger partial charge in [0.2, 0.25) is 15.9 Å². The number of carbonyl (C=O) groups excluding carboxylic acids is 1. The molecular formula is C32H32N4O3S2. The number of hydrogen-bond acceptors (Lipinski definition) is 5. The van der Waals surface area contributed by atoms with Crippen molar-refractivity contribution in [3.63, 3.8) is 0 Å². The number of nitrogens with one attached hydrogen (secondary N) is 2. The fraction of sp³-hybridized carbons (Fsp3) is 0.188. The second kappa shape index (κ2) is 13.2. The van der Waals surface area contributed by atoms with Crippen molar-refractivity contribution in [2.45, 2.75) is 17.4 Å². The number of carbonyl (C=O) groups is 1. The molecule has 1 aliphatic heterocycles. The fourth-order valence-electron chi connectivity index (χ4n) is 5.06. The third-order valence-corrected chi connectivity index (χ3v) is 9.20. The van der Waals surface area contributed by atoms with Gasteiger partial charge in [0.25, 0.3) is 0 Å². The highest BCUT2D eigenvalue weighted by Crippen LogP contribution is 2.30. The Morgan fingerprint density at radius 3 is 1.78 bits per heavy atom. The van der Waals surface area contributed by atoms with E-state index in [9.17, 15) is 13.2 Å². The summed E-state index contributed by atoms with van der Waals surface area (Å²) in [6, 6.07) is 36.5. The summed E-state index contributed by atoms with van der Waals surface area (Å²) in [6.07, 6.45) is 0.213. The van der Waals surface area contributed by atoms with Gasteiger partial charge < -0.3 is 10.6 Å². The van der Waals surface area contributed by atoms with Crippen molar-refractivity contribution in [1.29, 1.82) is 0 Å². The van der Waals surface area contributed by atoms with Crippen molar-refractivity contribution in [2.75, 3.05) is 31.5 Å². The molecule has 1 fully saturated rings. The maximum atomic E-state index is 13.5. The molecule has 0 bridgehead atoms. The second-order valence-corrected chi connectivity index (χ2v) is 12.2. The van der Waals surface area contributed by atoms with Gasteiger partial charge in [-0.2, -0.15) is 4.31 Å². The zero-order valence-corrected chi connectivity index (χ0v) is 24.2. The van der Waals surface area contributed by atoms with Gasteiger partial charge in [-0.15, -0.1) is 0 Å². The number of hydrogen-bond donors (Lipinski definition) is 2. The van der Waals surface area contributed by atoms with E-state index in [4.69, 9.17) is 12.2 Å². The minimum atomic E-state index is -3.66. The van der Waals surface area contributed by atoms with Crippen LogP contribution in [0.3, 0.4) is 0 Å². The minimum absolute atomic E-state index is 0.0598. The molecule has 1 amide bonds. The molecule has 0 atom stereocenters. The van der Waals surface area contributed by atoms with Crippen molar-refractivity contribution in [1.82, 2.24) is 14.5 Å². The average molecular weight is 585 g/mol. The first-order valence-corrected chi connectivity index (χ1v) is 15.3. The quantitative estimate of drug-likeness (QED) is 0.289. The molecule has 0 radical (unpaired) electrons. The van der Waals surface area contributed by atoms with Gasteiger partial charge in [-0.25, -0.2) is 8.42 Å². The van der Waals surface area contributed by atoms with Gasteiger partial charge in [0.1, 0.15) is 0 Å². The van der Waals surface area contributed by atoms with Crippen LogP contribution in [0.15, 0.2) is 120 Å². The number of rotatable bonds is 8. The molecule has 0 unspecified atom stereocenters. The highest BCUT2D eigenvalue weighted by atomic mass is 32.2. The normalized spacial score (nSPS) is 14.5. The predicted molar refractivity (Wildman–Crippen MR) is 166 cm³/mol. The Labute approximate surface area is 246 Å². The van der Waals surface area contributed by atoms with E-state index < -0.39 is 10.0 Å². The van der Waals surface area contributed by atoms with Gasteiger partial charge in [-0.1, -0.05) is 91.0 Å². The molecule has 1 saturated heterocycles. The molecule has 2 N–H and O–H groups in total. The highest BCUT2D eigenvalue weighted by Gasteiger charge is 2.32. The molecule has 41 heavy (non-hydrogen) atoms. The molecule has 210 valence electrons. The van der Waals surface area contributed by atoms with Gasteiger partial charge >= 0.3 is 0 Å². The molecule has 4 aromatic carbocycles. The van der Waals surface area contributed by atoms with Crippen LogP contribution in [0.25, 0.3) is 0 Å². The summed E-state index contributed by atoms with van der Waals surface area (Å²) in [5.41, 5.74) is 3.85. The van der Waals surface area contributed by atoms with Crippen molar-refractivity contribution < 1.29 is 13.2 Å². The SMILES string of the molecule is O=C(Cc1ccccc1)NC(=S)Nc1ccc(S(=O)(=O)N2CCN(C(c3ccccc3)c3ccccc3)CC2)cc1. The van der Waals surface area contributed by atoms with Crippen LogP contribution in [0.5, 0.6) is 0 Å². The summed E-state index contributed by atoms with van der Waals surface area (Å²) in [5, 5.41) is 5.77. The van der Waals surface area contributed by atoms with E-state index in [2.05, 4.69) is 39.8 Å². The molecule has 9 heteroatoms. The van der Waals surface area contributed by atoms with Crippen LogP contribution in [0.4, 0.5) is 5.69 Å².